The molecule has 0 spiro atoms. The highest BCUT2D eigenvalue weighted by molar-refractivity contribution is 7.11. The van der Waals surface area contributed by atoms with Crippen LogP contribution in [-0.2, 0) is 26.3 Å². The molecule has 0 saturated heterocycles. The van der Waals surface area contributed by atoms with Crippen LogP contribution in [0.5, 0.6) is 0 Å². The van der Waals surface area contributed by atoms with E-state index in [0.717, 1.165) is 25.0 Å². The Kier molecular flexibility index (Phi) is 4.96. The molecule has 0 aromatic carbocycles. The summed E-state index contributed by atoms with van der Waals surface area (Å²) in [4.78, 5) is 2.83. The molecule has 0 radical (unpaired) electrons. The van der Waals surface area contributed by atoms with Gasteiger partial charge in [-0.05, 0) is 50.8 Å². The zero-order valence-electron chi connectivity index (χ0n) is 12.7. The summed E-state index contributed by atoms with van der Waals surface area (Å²) >= 11 is 1.88. The van der Waals surface area contributed by atoms with E-state index >= 15 is 0 Å². The lowest BCUT2D eigenvalue weighted by atomic mass is 10.0. The molecule has 0 aliphatic carbocycles. The number of hydrogen-bond donors (Lipinski definition) is 2. The summed E-state index contributed by atoms with van der Waals surface area (Å²) in [5.74, 6) is 5.74. The third-order valence-electron chi connectivity index (χ3n) is 3.86. The number of rotatable bonds is 6. The molecule has 0 bridgehead atoms. The van der Waals surface area contributed by atoms with Crippen LogP contribution in [0.1, 0.15) is 33.6 Å². The number of aryl methyl sites for hydroxylation is 3. The van der Waals surface area contributed by atoms with Gasteiger partial charge in [0.05, 0.1) is 5.69 Å². The summed E-state index contributed by atoms with van der Waals surface area (Å²) in [7, 11) is 1.99. The number of hydrazine groups is 1. The second kappa shape index (κ2) is 6.52. The van der Waals surface area contributed by atoms with Crippen LogP contribution in [-0.4, -0.2) is 15.8 Å². The second-order valence-electron chi connectivity index (χ2n) is 5.27. The zero-order chi connectivity index (χ0) is 14.7. The highest BCUT2D eigenvalue weighted by atomic mass is 32.1. The minimum absolute atomic E-state index is 0.250. The van der Waals surface area contributed by atoms with Crippen LogP contribution in [0.4, 0.5) is 0 Å². The first-order chi connectivity index (χ1) is 9.55. The third-order valence-corrected chi connectivity index (χ3v) is 5.11. The predicted octanol–water partition coefficient (Wildman–Crippen LogP) is 2.28. The molecule has 4 nitrogen and oxygen atoms in total. The largest absolute Gasteiger partial charge is 0.272 e. The Balaban J connectivity index is 2.08. The lowest BCUT2D eigenvalue weighted by Gasteiger charge is -2.15. The Morgan fingerprint density at radius 1 is 1.30 bits per heavy atom. The van der Waals surface area contributed by atoms with Crippen molar-refractivity contribution in [3.8, 4) is 0 Å². The highest BCUT2D eigenvalue weighted by Crippen LogP contribution is 2.21. The molecule has 0 fully saturated rings. The average Bonchev–Trinajstić information content (AvgIpc) is 2.98. The molecular formula is C15H24N4S. The summed E-state index contributed by atoms with van der Waals surface area (Å²) in [6, 6.07) is 4.69. The summed E-state index contributed by atoms with van der Waals surface area (Å²) in [5, 5.41) is 4.47. The minimum Gasteiger partial charge on any atom is -0.272 e. The molecule has 2 aromatic rings. The molecule has 0 amide bonds. The van der Waals surface area contributed by atoms with Crippen LogP contribution < -0.4 is 11.3 Å². The van der Waals surface area contributed by atoms with Gasteiger partial charge in [0.25, 0.3) is 0 Å². The van der Waals surface area contributed by atoms with Crippen LogP contribution in [0.2, 0.25) is 0 Å². The average molecular weight is 292 g/mol. The van der Waals surface area contributed by atoms with Crippen molar-refractivity contribution >= 4 is 11.3 Å². The number of nitrogens with two attached hydrogens (primary N) is 1. The molecule has 1 unspecified atom stereocenters. The Morgan fingerprint density at radius 2 is 2.00 bits per heavy atom. The fraction of sp³-hybridized carbons (Fsp3) is 0.533. The fourth-order valence-corrected chi connectivity index (χ4v) is 3.55. The van der Waals surface area contributed by atoms with Crippen molar-refractivity contribution in [1.82, 2.24) is 15.2 Å². The van der Waals surface area contributed by atoms with Crippen molar-refractivity contribution in [3.05, 3.63) is 38.8 Å². The van der Waals surface area contributed by atoms with Crippen molar-refractivity contribution in [2.45, 2.75) is 46.1 Å². The first-order valence-electron chi connectivity index (χ1n) is 7.07. The normalized spacial score (nSPS) is 12.8. The topological polar surface area (TPSA) is 55.9 Å². The van der Waals surface area contributed by atoms with Gasteiger partial charge in [-0.2, -0.15) is 5.10 Å². The van der Waals surface area contributed by atoms with Gasteiger partial charge < -0.3 is 0 Å². The van der Waals surface area contributed by atoms with Gasteiger partial charge in [-0.15, -0.1) is 11.3 Å². The third kappa shape index (κ3) is 3.29. The molecule has 5 heteroatoms. The van der Waals surface area contributed by atoms with Gasteiger partial charge in [0.15, 0.2) is 0 Å². The predicted molar refractivity (Wildman–Crippen MR) is 84.9 cm³/mol. The van der Waals surface area contributed by atoms with Crippen molar-refractivity contribution in [1.29, 1.82) is 0 Å². The van der Waals surface area contributed by atoms with Crippen molar-refractivity contribution in [3.63, 3.8) is 0 Å². The Bertz CT molecular complexity index is 570. The van der Waals surface area contributed by atoms with Gasteiger partial charge in [0, 0.05) is 28.5 Å². The Labute approximate surface area is 125 Å². The van der Waals surface area contributed by atoms with Crippen molar-refractivity contribution in [2.24, 2.45) is 12.9 Å². The summed E-state index contributed by atoms with van der Waals surface area (Å²) in [6.45, 7) is 6.37. The molecule has 0 saturated carbocycles. The first kappa shape index (κ1) is 15.2. The molecule has 0 aliphatic heterocycles. The monoisotopic (exact) mass is 292 g/mol. The van der Waals surface area contributed by atoms with E-state index in [4.69, 9.17) is 5.84 Å². The SMILES string of the molecule is CCc1ccc(CC(Cc2c(C)nn(C)c2C)NN)s1. The molecule has 0 aliphatic rings. The summed E-state index contributed by atoms with van der Waals surface area (Å²) < 4.78 is 1.94. The van der Waals surface area contributed by atoms with Crippen LogP contribution in [0.3, 0.4) is 0 Å². The number of nitrogens with zero attached hydrogens (tertiary/aromatic N) is 2. The lowest BCUT2D eigenvalue weighted by molar-refractivity contribution is 0.523. The van der Waals surface area contributed by atoms with E-state index in [9.17, 15) is 0 Å². The van der Waals surface area contributed by atoms with Gasteiger partial charge in [-0.3, -0.25) is 16.0 Å². The van der Waals surface area contributed by atoms with E-state index in [1.807, 2.05) is 23.1 Å². The Hall–Kier alpha value is -1.17. The minimum atomic E-state index is 0.250. The quantitative estimate of drug-likeness (QED) is 0.634. The maximum Gasteiger partial charge on any atom is 0.0628 e. The maximum absolute atomic E-state index is 5.74. The number of hydrogen-bond acceptors (Lipinski definition) is 4. The van der Waals surface area contributed by atoms with E-state index in [-0.39, 0.29) is 6.04 Å². The molecule has 110 valence electrons. The smallest absolute Gasteiger partial charge is 0.0628 e. The van der Waals surface area contributed by atoms with Gasteiger partial charge >= 0.3 is 0 Å². The van der Waals surface area contributed by atoms with Crippen LogP contribution in [0.15, 0.2) is 12.1 Å². The standard InChI is InChI=1S/C15H24N4S/c1-5-13-6-7-14(20-13)8-12(17-16)9-15-10(2)18-19(4)11(15)3/h6-7,12,17H,5,8-9,16H2,1-4H3. The lowest BCUT2D eigenvalue weighted by Crippen LogP contribution is -2.38. The second-order valence-corrected chi connectivity index (χ2v) is 6.52. The summed E-state index contributed by atoms with van der Waals surface area (Å²) in [6.07, 6.45) is 2.99. The molecule has 20 heavy (non-hydrogen) atoms. The van der Waals surface area contributed by atoms with E-state index < -0.39 is 0 Å². The van der Waals surface area contributed by atoms with Gasteiger partial charge in [0.1, 0.15) is 0 Å². The molecule has 2 heterocycles. The zero-order valence-corrected chi connectivity index (χ0v) is 13.5. The fourth-order valence-electron chi connectivity index (χ4n) is 2.51. The highest BCUT2D eigenvalue weighted by Gasteiger charge is 2.16. The van der Waals surface area contributed by atoms with Crippen molar-refractivity contribution in [2.75, 3.05) is 0 Å². The van der Waals surface area contributed by atoms with Crippen molar-refractivity contribution < 1.29 is 0 Å². The van der Waals surface area contributed by atoms with E-state index in [1.165, 1.54) is 21.0 Å². The molecule has 2 rings (SSSR count). The maximum atomic E-state index is 5.74. The molecule has 1 atom stereocenters. The van der Waals surface area contributed by atoms with Gasteiger partial charge in [-0.25, -0.2) is 0 Å². The van der Waals surface area contributed by atoms with E-state index in [0.29, 0.717) is 0 Å². The summed E-state index contributed by atoms with van der Waals surface area (Å²) in [5.41, 5.74) is 6.60. The van der Waals surface area contributed by atoms with Crippen LogP contribution in [0, 0.1) is 13.8 Å². The van der Waals surface area contributed by atoms with Crippen LogP contribution in [0.25, 0.3) is 0 Å². The number of nitrogens with one attached hydrogen (secondary N) is 1. The number of aromatic nitrogens is 2. The molecule has 2 aromatic heterocycles. The first-order valence-corrected chi connectivity index (χ1v) is 7.89. The number of thiophene rings is 1. The molecule has 3 N–H and O–H groups in total. The Morgan fingerprint density at radius 3 is 2.50 bits per heavy atom. The van der Waals surface area contributed by atoms with E-state index in [2.05, 4.69) is 43.4 Å². The van der Waals surface area contributed by atoms with E-state index in [1.54, 1.807) is 0 Å². The van der Waals surface area contributed by atoms with Gasteiger partial charge in [0.2, 0.25) is 0 Å². The van der Waals surface area contributed by atoms with Crippen LogP contribution >= 0.6 is 11.3 Å². The molecular weight excluding hydrogens is 268 g/mol. The van der Waals surface area contributed by atoms with Gasteiger partial charge in [-0.1, -0.05) is 6.92 Å².